The van der Waals surface area contributed by atoms with Crippen molar-refractivity contribution in [3.8, 4) is 0 Å². The Balaban J connectivity index is 5.18. The summed E-state index contributed by atoms with van der Waals surface area (Å²) in [6.45, 7) is 12.1. The van der Waals surface area contributed by atoms with Crippen LogP contribution in [-0.2, 0) is 65.4 Å². The van der Waals surface area contributed by atoms with Gasteiger partial charge in [0.25, 0.3) is 0 Å². The number of aliphatic hydroxyl groups is 1. The van der Waals surface area contributed by atoms with Crippen LogP contribution in [0, 0.1) is 17.8 Å². The molecule has 0 fully saturated rings. The molecule has 0 spiro atoms. The molecule has 3 N–H and O–H groups in total. The second kappa shape index (κ2) is 78.9. The van der Waals surface area contributed by atoms with Gasteiger partial charge in [-0.3, -0.25) is 37.3 Å². The Hall–Kier alpha value is -1.94. The lowest BCUT2D eigenvalue weighted by Gasteiger charge is -2.21. The normalized spacial score (nSPS) is 14.1. The fourth-order valence-corrected chi connectivity index (χ4v) is 15.4. The summed E-state index contributed by atoms with van der Waals surface area (Å²) >= 11 is 0. The number of hydrogen-bond acceptors (Lipinski definition) is 15. The van der Waals surface area contributed by atoms with E-state index in [1.165, 1.54) is 276 Å². The van der Waals surface area contributed by atoms with Crippen LogP contribution in [-0.4, -0.2) is 96.7 Å². The van der Waals surface area contributed by atoms with E-state index in [4.69, 9.17) is 37.0 Å². The quantitative estimate of drug-likeness (QED) is 0.0222. The summed E-state index contributed by atoms with van der Waals surface area (Å²) in [5, 5.41) is 10.7. The highest BCUT2D eigenvalue weighted by Crippen LogP contribution is 2.45. The lowest BCUT2D eigenvalue weighted by atomic mass is 9.99. The smallest absolute Gasteiger partial charge is 0.462 e. The van der Waals surface area contributed by atoms with Gasteiger partial charge in [0.05, 0.1) is 26.4 Å². The van der Waals surface area contributed by atoms with Gasteiger partial charge >= 0.3 is 39.5 Å². The standard InChI is InChI=1S/C89H174O17P2/c1-8-10-11-12-13-49-56-63-70-86(91)99-76-84(105-88(93)72-66-59-52-45-39-33-27-21-19-23-29-35-41-47-54-61-68-81(5)6)78-103-107(95,96)101-74-83(90)75-102-108(97,98)104-79-85(77-100-87(92)71-64-57-50-43-37-31-25-20-18-22-28-34-40-46-53-60-67-80(3)4)106-89(94)73-65-58-51-44-38-32-26-17-15-14-16-24-30-36-42-48-55-62-69-82(7)9-2/h80-85,90H,8-79H2,1-7H3,(H,95,96)(H,97,98)/t82?,83-,84+,85+/m0/s1. The lowest BCUT2D eigenvalue weighted by Crippen LogP contribution is -2.30. The number of aliphatic hydroxyl groups excluding tert-OH is 1. The molecule has 3 unspecified atom stereocenters. The van der Waals surface area contributed by atoms with Crippen LogP contribution in [0.1, 0.15) is 472 Å². The number of hydrogen-bond donors (Lipinski definition) is 3. The zero-order chi connectivity index (χ0) is 79.3. The van der Waals surface area contributed by atoms with Crippen LogP contribution in [0.15, 0.2) is 0 Å². The molecule has 17 nitrogen and oxygen atoms in total. The maximum absolute atomic E-state index is 13.2. The maximum Gasteiger partial charge on any atom is 0.472 e. The Morgan fingerprint density at radius 1 is 0.269 bits per heavy atom. The minimum absolute atomic E-state index is 0.108. The highest BCUT2D eigenvalue weighted by atomic mass is 31.2. The van der Waals surface area contributed by atoms with Gasteiger partial charge in [-0.15, -0.1) is 0 Å². The van der Waals surface area contributed by atoms with Gasteiger partial charge in [-0.05, 0) is 43.4 Å². The second-order valence-corrected chi connectivity index (χ2v) is 36.1. The molecule has 0 saturated carbocycles. The van der Waals surface area contributed by atoms with Crippen LogP contribution in [0.3, 0.4) is 0 Å². The van der Waals surface area contributed by atoms with E-state index in [0.29, 0.717) is 25.7 Å². The lowest BCUT2D eigenvalue weighted by molar-refractivity contribution is -0.161. The molecular formula is C89H174O17P2. The third-order valence-electron chi connectivity index (χ3n) is 21.2. The Morgan fingerprint density at radius 3 is 0.704 bits per heavy atom. The summed E-state index contributed by atoms with van der Waals surface area (Å²) in [6.07, 6.45) is 70.9. The summed E-state index contributed by atoms with van der Waals surface area (Å²) in [4.78, 5) is 73.2. The van der Waals surface area contributed by atoms with E-state index in [9.17, 15) is 43.2 Å². The first kappa shape index (κ1) is 106. The van der Waals surface area contributed by atoms with Crippen molar-refractivity contribution in [1.29, 1.82) is 0 Å². The minimum atomic E-state index is -4.97. The number of esters is 4. The molecule has 108 heavy (non-hydrogen) atoms. The number of phosphoric ester groups is 2. The fraction of sp³-hybridized carbons (Fsp3) is 0.955. The van der Waals surface area contributed by atoms with E-state index in [1.807, 2.05) is 0 Å². The molecule has 0 aromatic carbocycles. The first-order chi connectivity index (χ1) is 52.3. The molecular weight excluding hydrogens is 1400 g/mol. The van der Waals surface area contributed by atoms with Gasteiger partial charge in [-0.1, -0.05) is 421 Å². The van der Waals surface area contributed by atoms with Gasteiger partial charge in [-0.25, -0.2) is 9.13 Å². The van der Waals surface area contributed by atoms with Gasteiger partial charge in [0.15, 0.2) is 12.2 Å². The average molecular weight is 1580 g/mol. The molecule has 0 aliphatic rings. The molecule has 0 aliphatic heterocycles. The van der Waals surface area contributed by atoms with E-state index in [2.05, 4.69) is 48.5 Å². The first-order valence-electron chi connectivity index (χ1n) is 45.9. The van der Waals surface area contributed by atoms with Crippen LogP contribution in [0.4, 0.5) is 0 Å². The summed E-state index contributed by atoms with van der Waals surface area (Å²) in [5.74, 6) is 0.390. The van der Waals surface area contributed by atoms with Gasteiger partial charge in [0.2, 0.25) is 0 Å². The minimum Gasteiger partial charge on any atom is -0.462 e. The van der Waals surface area contributed by atoms with Crippen LogP contribution in [0.2, 0.25) is 0 Å². The van der Waals surface area contributed by atoms with Gasteiger partial charge in [-0.2, -0.15) is 0 Å². The van der Waals surface area contributed by atoms with Crippen molar-refractivity contribution in [2.24, 2.45) is 17.8 Å². The van der Waals surface area contributed by atoms with Crippen molar-refractivity contribution in [3.63, 3.8) is 0 Å². The van der Waals surface area contributed by atoms with Gasteiger partial charge in [0, 0.05) is 25.7 Å². The van der Waals surface area contributed by atoms with Crippen LogP contribution >= 0.6 is 15.6 Å². The molecule has 0 aromatic heterocycles. The number of ether oxygens (including phenoxy) is 4. The number of carbonyl (C=O) groups excluding carboxylic acids is 4. The second-order valence-electron chi connectivity index (χ2n) is 33.2. The molecule has 0 heterocycles. The summed E-state index contributed by atoms with van der Waals surface area (Å²) < 4.78 is 68.9. The van der Waals surface area contributed by atoms with Crippen molar-refractivity contribution in [3.05, 3.63) is 0 Å². The SMILES string of the molecule is CCCCCCCCCCC(=O)OC[C@H](COP(=O)(O)OC[C@H](O)COP(=O)(O)OC[C@@H](COC(=O)CCCCCCCCCCCCCCCCCCC(C)C)OC(=O)CCCCCCCCCCCCCCCCCCCCC(C)CC)OC(=O)CCCCCCCCCCCCCCCCCCC(C)C. The molecule has 6 atom stereocenters. The molecule has 0 aliphatic carbocycles. The topological polar surface area (TPSA) is 237 Å². The molecule has 642 valence electrons. The number of carbonyl (C=O) groups is 4. The molecule has 0 radical (unpaired) electrons. The monoisotopic (exact) mass is 1580 g/mol. The van der Waals surface area contributed by atoms with E-state index in [1.54, 1.807) is 0 Å². The molecule has 0 saturated heterocycles. The fourth-order valence-electron chi connectivity index (χ4n) is 13.9. The van der Waals surface area contributed by atoms with E-state index in [0.717, 1.165) is 114 Å². The predicted molar refractivity (Wildman–Crippen MR) is 446 cm³/mol. The van der Waals surface area contributed by atoms with Crippen molar-refractivity contribution in [2.75, 3.05) is 39.6 Å². The number of unbranched alkanes of at least 4 members (excludes halogenated alkanes) is 54. The number of phosphoric acid groups is 2. The van der Waals surface area contributed by atoms with Gasteiger partial charge in [0.1, 0.15) is 19.3 Å². The highest BCUT2D eigenvalue weighted by Gasteiger charge is 2.31. The molecule has 0 amide bonds. The van der Waals surface area contributed by atoms with Gasteiger partial charge < -0.3 is 33.8 Å². The Bertz CT molecular complexity index is 2080. The molecule has 19 heteroatoms. The van der Waals surface area contributed by atoms with Crippen LogP contribution in [0.25, 0.3) is 0 Å². The van der Waals surface area contributed by atoms with Crippen molar-refractivity contribution >= 4 is 39.5 Å². The van der Waals surface area contributed by atoms with Crippen LogP contribution < -0.4 is 0 Å². The summed E-state index contributed by atoms with van der Waals surface area (Å²) in [5.41, 5.74) is 0. The highest BCUT2D eigenvalue weighted by molar-refractivity contribution is 7.47. The Labute approximate surface area is 664 Å². The Kier molecular flexibility index (Phi) is 77.5. The summed E-state index contributed by atoms with van der Waals surface area (Å²) in [7, 11) is -9.93. The maximum atomic E-state index is 13.2. The van der Waals surface area contributed by atoms with Crippen LogP contribution in [0.5, 0.6) is 0 Å². The van der Waals surface area contributed by atoms with Crippen molar-refractivity contribution in [1.82, 2.24) is 0 Å². The van der Waals surface area contributed by atoms with Crippen molar-refractivity contribution in [2.45, 2.75) is 491 Å². The van der Waals surface area contributed by atoms with E-state index < -0.39 is 97.5 Å². The van der Waals surface area contributed by atoms with E-state index in [-0.39, 0.29) is 25.7 Å². The number of rotatable bonds is 87. The van der Waals surface area contributed by atoms with E-state index >= 15 is 0 Å². The van der Waals surface area contributed by atoms with Crippen molar-refractivity contribution < 1.29 is 80.2 Å². The average Bonchev–Trinajstić information content (AvgIpc) is 0.901. The summed E-state index contributed by atoms with van der Waals surface area (Å²) in [6, 6.07) is 0. The zero-order valence-electron chi connectivity index (χ0n) is 71.3. The largest absolute Gasteiger partial charge is 0.472 e. The third kappa shape index (κ3) is 80.7. The predicted octanol–water partition coefficient (Wildman–Crippen LogP) is 27.3. The molecule has 0 rings (SSSR count). The molecule has 0 bridgehead atoms. The zero-order valence-corrected chi connectivity index (χ0v) is 73.1. The third-order valence-corrected chi connectivity index (χ3v) is 23.1. The Morgan fingerprint density at radius 2 is 0.472 bits per heavy atom. The molecule has 0 aromatic rings. The first-order valence-corrected chi connectivity index (χ1v) is 48.9.